The average Bonchev–Trinajstić information content (AvgIpc) is 2.78. The molecule has 1 aromatic heterocycles. The summed E-state index contributed by atoms with van der Waals surface area (Å²) in [7, 11) is 0. The Kier molecular flexibility index (Phi) is 4.11. The van der Waals surface area contributed by atoms with Crippen LogP contribution in [0.25, 0.3) is 10.2 Å². The van der Waals surface area contributed by atoms with Gasteiger partial charge in [0.05, 0.1) is 21.6 Å². The molecular formula is C13H14N2O3S. The Balaban J connectivity index is 1.91. The van der Waals surface area contributed by atoms with E-state index in [2.05, 4.69) is 4.98 Å². The van der Waals surface area contributed by atoms with Crippen LogP contribution in [0.15, 0.2) is 24.3 Å². The van der Waals surface area contributed by atoms with Gasteiger partial charge in [-0.15, -0.1) is 11.3 Å². The number of hydrogen-bond donors (Lipinski definition) is 1. The van der Waals surface area contributed by atoms with Gasteiger partial charge in [0, 0.05) is 6.42 Å². The third kappa shape index (κ3) is 3.51. The predicted molar refractivity (Wildman–Crippen MR) is 72.7 cm³/mol. The number of fused-ring (bicyclic) bond motifs is 1. The molecule has 0 saturated carbocycles. The minimum Gasteiger partial charge on any atom is -0.453 e. The number of nitrogens with zero attached hydrogens (tertiary/aromatic N) is 1. The molecule has 1 atom stereocenters. The fourth-order valence-corrected chi connectivity index (χ4v) is 2.52. The SMILES string of the molecule is CC(OC(=O)CCc1nc2ccccc2s1)C(N)=O. The van der Waals surface area contributed by atoms with Crippen molar-refractivity contribution in [3.05, 3.63) is 29.3 Å². The zero-order valence-electron chi connectivity index (χ0n) is 10.5. The van der Waals surface area contributed by atoms with Crippen LogP contribution in [0.4, 0.5) is 0 Å². The summed E-state index contributed by atoms with van der Waals surface area (Å²) in [6.45, 7) is 1.46. The second kappa shape index (κ2) is 5.79. The number of carbonyl (C=O) groups is 2. The van der Waals surface area contributed by atoms with Gasteiger partial charge in [0.15, 0.2) is 6.10 Å². The van der Waals surface area contributed by atoms with Crippen LogP contribution in [0.5, 0.6) is 0 Å². The van der Waals surface area contributed by atoms with Crippen molar-refractivity contribution in [1.82, 2.24) is 4.98 Å². The number of carbonyl (C=O) groups excluding carboxylic acids is 2. The van der Waals surface area contributed by atoms with Crippen molar-refractivity contribution < 1.29 is 14.3 Å². The monoisotopic (exact) mass is 278 g/mol. The number of primary amides is 1. The summed E-state index contributed by atoms with van der Waals surface area (Å²) in [4.78, 5) is 26.7. The van der Waals surface area contributed by atoms with Crippen molar-refractivity contribution in [1.29, 1.82) is 0 Å². The normalized spacial score (nSPS) is 12.3. The third-order valence-corrected chi connectivity index (χ3v) is 3.69. The number of thiazole rings is 1. The van der Waals surface area contributed by atoms with Gasteiger partial charge in [0.1, 0.15) is 0 Å². The predicted octanol–water partition coefficient (Wildman–Crippen LogP) is 1.65. The average molecular weight is 278 g/mol. The van der Waals surface area contributed by atoms with E-state index in [0.717, 1.165) is 15.2 Å². The smallest absolute Gasteiger partial charge is 0.306 e. The Morgan fingerprint density at radius 2 is 2.16 bits per heavy atom. The van der Waals surface area contributed by atoms with Crippen LogP contribution in [0.3, 0.4) is 0 Å². The molecule has 0 aliphatic carbocycles. The quantitative estimate of drug-likeness (QED) is 0.843. The molecule has 0 radical (unpaired) electrons. The summed E-state index contributed by atoms with van der Waals surface area (Å²) in [6, 6.07) is 7.80. The molecule has 6 heteroatoms. The molecular weight excluding hydrogens is 264 g/mol. The maximum absolute atomic E-state index is 11.5. The molecule has 2 N–H and O–H groups in total. The summed E-state index contributed by atoms with van der Waals surface area (Å²) < 4.78 is 5.96. The molecule has 1 unspecified atom stereocenters. The Labute approximate surface area is 114 Å². The van der Waals surface area contributed by atoms with Crippen LogP contribution in [0.1, 0.15) is 18.4 Å². The van der Waals surface area contributed by atoms with E-state index in [4.69, 9.17) is 10.5 Å². The van der Waals surface area contributed by atoms with Crippen LogP contribution in [-0.4, -0.2) is 23.0 Å². The molecule has 2 rings (SSSR count). The van der Waals surface area contributed by atoms with Crippen LogP contribution < -0.4 is 5.73 Å². The minimum absolute atomic E-state index is 0.192. The molecule has 5 nitrogen and oxygen atoms in total. The number of para-hydroxylation sites is 1. The van der Waals surface area contributed by atoms with Crippen molar-refractivity contribution >= 4 is 33.4 Å². The second-order valence-corrected chi connectivity index (χ2v) is 5.22. The standard InChI is InChI=1S/C13H14N2O3S/c1-8(13(14)17)18-12(16)7-6-11-15-9-4-2-3-5-10(9)19-11/h2-5,8H,6-7H2,1H3,(H2,14,17). The van der Waals surface area contributed by atoms with Gasteiger partial charge in [-0.1, -0.05) is 12.1 Å². The van der Waals surface area contributed by atoms with Crippen molar-refractivity contribution in [2.45, 2.75) is 25.9 Å². The van der Waals surface area contributed by atoms with Crippen LogP contribution >= 0.6 is 11.3 Å². The number of ether oxygens (including phenoxy) is 1. The van der Waals surface area contributed by atoms with Gasteiger partial charge in [-0.3, -0.25) is 9.59 Å². The van der Waals surface area contributed by atoms with Crippen LogP contribution in [-0.2, 0) is 20.7 Å². The van der Waals surface area contributed by atoms with Crippen molar-refractivity contribution in [3.8, 4) is 0 Å². The maximum atomic E-state index is 11.5. The van der Waals surface area contributed by atoms with E-state index >= 15 is 0 Å². The summed E-state index contributed by atoms with van der Waals surface area (Å²) in [5, 5.41) is 0.880. The van der Waals surface area contributed by atoms with Gasteiger partial charge in [0.2, 0.25) is 0 Å². The van der Waals surface area contributed by atoms with E-state index in [1.165, 1.54) is 6.92 Å². The van der Waals surface area contributed by atoms with E-state index in [1.807, 2.05) is 24.3 Å². The number of nitrogens with two attached hydrogens (primary N) is 1. The van der Waals surface area contributed by atoms with Gasteiger partial charge in [-0.25, -0.2) is 4.98 Å². The highest BCUT2D eigenvalue weighted by Crippen LogP contribution is 2.22. The maximum Gasteiger partial charge on any atom is 0.306 e. The fraction of sp³-hybridized carbons (Fsp3) is 0.308. The van der Waals surface area contributed by atoms with Gasteiger partial charge < -0.3 is 10.5 Å². The third-order valence-electron chi connectivity index (χ3n) is 2.59. The number of benzene rings is 1. The lowest BCUT2D eigenvalue weighted by Crippen LogP contribution is -2.30. The summed E-state index contributed by atoms with van der Waals surface area (Å²) in [6.07, 6.45) is -0.191. The van der Waals surface area contributed by atoms with Gasteiger partial charge in [-0.2, -0.15) is 0 Å². The minimum atomic E-state index is -0.886. The first-order valence-corrected chi connectivity index (χ1v) is 6.71. The zero-order chi connectivity index (χ0) is 13.8. The van der Waals surface area contributed by atoms with E-state index in [-0.39, 0.29) is 6.42 Å². The molecule has 19 heavy (non-hydrogen) atoms. The Bertz CT molecular complexity index is 576. The van der Waals surface area contributed by atoms with Crippen molar-refractivity contribution in [3.63, 3.8) is 0 Å². The molecule has 0 fully saturated rings. The Hall–Kier alpha value is -1.95. The molecule has 1 aromatic carbocycles. The van der Waals surface area contributed by atoms with Crippen molar-refractivity contribution in [2.24, 2.45) is 5.73 Å². The lowest BCUT2D eigenvalue weighted by atomic mass is 10.3. The molecule has 0 bridgehead atoms. The summed E-state index contributed by atoms with van der Waals surface area (Å²) in [5.41, 5.74) is 5.95. The second-order valence-electron chi connectivity index (χ2n) is 4.11. The van der Waals surface area contributed by atoms with Gasteiger partial charge >= 0.3 is 5.97 Å². The van der Waals surface area contributed by atoms with E-state index in [1.54, 1.807) is 11.3 Å². The number of aryl methyl sites for hydroxylation is 1. The van der Waals surface area contributed by atoms with E-state index < -0.39 is 18.0 Å². The molecule has 0 saturated heterocycles. The molecule has 0 spiro atoms. The molecule has 1 heterocycles. The number of esters is 1. The highest BCUT2D eigenvalue weighted by atomic mass is 32.1. The van der Waals surface area contributed by atoms with Gasteiger partial charge in [0.25, 0.3) is 5.91 Å². The molecule has 0 aliphatic rings. The van der Waals surface area contributed by atoms with Crippen LogP contribution in [0.2, 0.25) is 0 Å². The number of aromatic nitrogens is 1. The van der Waals surface area contributed by atoms with Crippen molar-refractivity contribution in [2.75, 3.05) is 0 Å². The first-order valence-electron chi connectivity index (χ1n) is 5.89. The summed E-state index contributed by atoms with van der Waals surface area (Å²) in [5.74, 6) is -1.08. The number of amides is 1. The highest BCUT2D eigenvalue weighted by Gasteiger charge is 2.15. The molecule has 100 valence electrons. The van der Waals surface area contributed by atoms with E-state index in [9.17, 15) is 9.59 Å². The van der Waals surface area contributed by atoms with Gasteiger partial charge in [-0.05, 0) is 19.1 Å². The zero-order valence-corrected chi connectivity index (χ0v) is 11.3. The fourth-order valence-electron chi connectivity index (χ4n) is 1.55. The Morgan fingerprint density at radius 3 is 2.84 bits per heavy atom. The molecule has 0 aliphatic heterocycles. The van der Waals surface area contributed by atoms with Crippen LogP contribution in [0, 0.1) is 0 Å². The summed E-state index contributed by atoms with van der Waals surface area (Å²) >= 11 is 1.55. The lowest BCUT2D eigenvalue weighted by Gasteiger charge is -2.08. The first-order chi connectivity index (χ1) is 9.06. The molecule has 1 amide bonds. The first kappa shape index (κ1) is 13.5. The lowest BCUT2D eigenvalue weighted by molar-refractivity contribution is -0.153. The number of rotatable bonds is 5. The highest BCUT2D eigenvalue weighted by molar-refractivity contribution is 7.18. The largest absolute Gasteiger partial charge is 0.453 e. The Morgan fingerprint density at radius 1 is 1.42 bits per heavy atom. The molecule has 2 aromatic rings. The topological polar surface area (TPSA) is 82.3 Å². The number of hydrogen-bond acceptors (Lipinski definition) is 5. The van der Waals surface area contributed by atoms with E-state index in [0.29, 0.717) is 6.42 Å².